The molecule has 6 nitrogen and oxygen atoms in total. The number of aromatic amines is 1. The second-order valence-corrected chi connectivity index (χ2v) is 8.67. The first-order valence-electron chi connectivity index (χ1n) is 11.7. The zero-order chi connectivity index (χ0) is 22.8. The number of phenolic OH excluding ortho intramolecular Hbond substituents is 1. The lowest BCUT2D eigenvalue weighted by atomic mass is 9.90. The Labute approximate surface area is 194 Å². The standard InChI is InChI=1S/C27H30N4O2/c1-3-18-13-14-24(33-2)27(32)20(18)16-31(17-25-29-21-10-4-5-11-22(21)30-25)23-12-6-8-19-9-7-15-28-26(19)23/h4-5,7,9-11,13-15,23,32H,3,6,8,12,16-17H2,1-2H3,(H,29,30). The molecule has 0 saturated carbocycles. The second kappa shape index (κ2) is 9.24. The number of nitrogens with one attached hydrogen (secondary N) is 1. The number of phenols is 1. The Hall–Kier alpha value is -3.38. The highest BCUT2D eigenvalue weighted by molar-refractivity contribution is 5.74. The Bertz CT molecular complexity index is 1230. The third-order valence-corrected chi connectivity index (χ3v) is 6.70. The maximum absolute atomic E-state index is 11.0. The number of aromatic hydroxyl groups is 1. The van der Waals surface area contributed by atoms with E-state index in [-0.39, 0.29) is 11.8 Å². The maximum atomic E-state index is 11.0. The zero-order valence-corrected chi connectivity index (χ0v) is 19.2. The fourth-order valence-electron chi connectivity index (χ4n) is 5.02. The number of rotatable bonds is 7. The van der Waals surface area contributed by atoms with Crippen molar-refractivity contribution < 1.29 is 9.84 Å². The van der Waals surface area contributed by atoms with Crippen molar-refractivity contribution in [3.8, 4) is 11.5 Å². The van der Waals surface area contributed by atoms with Gasteiger partial charge in [-0.15, -0.1) is 0 Å². The van der Waals surface area contributed by atoms with Crippen LogP contribution in [0, 0.1) is 0 Å². The van der Waals surface area contributed by atoms with Crippen molar-refractivity contribution in [3.05, 3.63) is 82.9 Å². The molecule has 0 saturated heterocycles. The van der Waals surface area contributed by atoms with Gasteiger partial charge in [0.15, 0.2) is 11.5 Å². The molecule has 1 aliphatic rings. The summed E-state index contributed by atoms with van der Waals surface area (Å²) in [5.74, 6) is 1.65. The number of hydrogen-bond acceptors (Lipinski definition) is 5. The van der Waals surface area contributed by atoms with Gasteiger partial charge in [0.05, 0.1) is 36.4 Å². The van der Waals surface area contributed by atoms with Crippen LogP contribution in [-0.4, -0.2) is 32.1 Å². The number of pyridine rings is 1. The summed E-state index contributed by atoms with van der Waals surface area (Å²) in [6.07, 6.45) is 5.92. The lowest BCUT2D eigenvalue weighted by molar-refractivity contribution is 0.151. The van der Waals surface area contributed by atoms with Crippen LogP contribution in [0.4, 0.5) is 0 Å². The molecular formula is C27H30N4O2. The fourth-order valence-corrected chi connectivity index (χ4v) is 5.02. The van der Waals surface area contributed by atoms with Gasteiger partial charge in [-0.3, -0.25) is 9.88 Å². The second-order valence-electron chi connectivity index (χ2n) is 8.67. The molecule has 0 spiro atoms. The highest BCUT2D eigenvalue weighted by Gasteiger charge is 2.29. The van der Waals surface area contributed by atoms with Crippen molar-refractivity contribution >= 4 is 11.0 Å². The van der Waals surface area contributed by atoms with Crippen LogP contribution in [0.25, 0.3) is 11.0 Å². The first-order valence-corrected chi connectivity index (χ1v) is 11.7. The van der Waals surface area contributed by atoms with Crippen molar-refractivity contribution in [3.63, 3.8) is 0 Å². The van der Waals surface area contributed by atoms with Gasteiger partial charge in [0.25, 0.3) is 0 Å². The van der Waals surface area contributed by atoms with E-state index in [0.717, 1.165) is 59.4 Å². The van der Waals surface area contributed by atoms with Crippen molar-refractivity contribution in [1.82, 2.24) is 19.9 Å². The van der Waals surface area contributed by atoms with E-state index in [1.165, 1.54) is 5.56 Å². The number of aryl methyl sites for hydroxylation is 2. The minimum atomic E-state index is 0.151. The smallest absolute Gasteiger partial charge is 0.162 e. The molecule has 0 amide bonds. The van der Waals surface area contributed by atoms with Gasteiger partial charge < -0.3 is 14.8 Å². The third-order valence-electron chi connectivity index (χ3n) is 6.70. The van der Waals surface area contributed by atoms with E-state index in [1.54, 1.807) is 7.11 Å². The van der Waals surface area contributed by atoms with E-state index in [0.29, 0.717) is 18.8 Å². The van der Waals surface area contributed by atoms with Gasteiger partial charge in [-0.25, -0.2) is 4.98 Å². The number of methoxy groups -OCH3 is 1. The van der Waals surface area contributed by atoms with Crippen LogP contribution in [0.1, 0.15) is 54.0 Å². The molecule has 2 N–H and O–H groups in total. The predicted octanol–water partition coefficient (Wildman–Crippen LogP) is 5.31. The van der Waals surface area contributed by atoms with E-state index in [4.69, 9.17) is 14.7 Å². The molecule has 2 heterocycles. The number of nitrogens with zero attached hydrogens (tertiary/aromatic N) is 3. The summed E-state index contributed by atoms with van der Waals surface area (Å²) in [7, 11) is 1.60. The number of ether oxygens (including phenoxy) is 1. The van der Waals surface area contributed by atoms with Gasteiger partial charge in [-0.1, -0.05) is 31.2 Å². The highest BCUT2D eigenvalue weighted by atomic mass is 16.5. The summed E-state index contributed by atoms with van der Waals surface area (Å²) in [5.41, 5.74) is 6.49. The Morgan fingerprint density at radius 3 is 2.82 bits per heavy atom. The van der Waals surface area contributed by atoms with Crippen LogP contribution < -0.4 is 4.74 Å². The molecule has 0 radical (unpaired) electrons. The predicted molar refractivity (Wildman–Crippen MR) is 129 cm³/mol. The summed E-state index contributed by atoms with van der Waals surface area (Å²) in [5, 5.41) is 11.0. The summed E-state index contributed by atoms with van der Waals surface area (Å²) < 4.78 is 5.43. The van der Waals surface area contributed by atoms with Gasteiger partial charge in [-0.2, -0.15) is 0 Å². The number of aromatic nitrogens is 3. The van der Waals surface area contributed by atoms with E-state index in [2.05, 4.69) is 35.0 Å². The molecule has 1 unspecified atom stereocenters. The Balaban J connectivity index is 1.56. The van der Waals surface area contributed by atoms with Gasteiger partial charge in [-0.05, 0) is 61.1 Å². The number of fused-ring (bicyclic) bond motifs is 2. The minimum absolute atomic E-state index is 0.151. The molecule has 2 aromatic heterocycles. The molecule has 1 atom stereocenters. The van der Waals surface area contributed by atoms with Gasteiger partial charge in [0.2, 0.25) is 0 Å². The largest absolute Gasteiger partial charge is 0.504 e. The number of imidazole rings is 1. The maximum Gasteiger partial charge on any atom is 0.162 e. The normalized spacial score (nSPS) is 15.7. The van der Waals surface area contributed by atoms with Crippen molar-refractivity contribution in [2.24, 2.45) is 0 Å². The van der Waals surface area contributed by atoms with Crippen molar-refractivity contribution in [2.45, 2.75) is 51.7 Å². The summed E-state index contributed by atoms with van der Waals surface area (Å²) >= 11 is 0. The van der Waals surface area contributed by atoms with Crippen LogP contribution in [0.2, 0.25) is 0 Å². The Kier molecular flexibility index (Phi) is 6.01. The average Bonchev–Trinajstić information content (AvgIpc) is 3.27. The van der Waals surface area contributed by atoms with Crippen LogP contribution >= 0.6 is 0 Å². The summed E-state index contributed by atoms with van der Waals surface area (Å²) in [6.45, 7) is 3.34. The number of benzene rings is 2. The van der Waals surface area contributed by atoms with Crippen LogP contribution in [0.15, 0.2) is 54.7 Å². The number of H-pyrrole nitrogens is 1. The lowest BCUT2D eigenvalue weighted by Gasteiger charge is -2.35. The molecule has 33 heavy (non-hydrogen) atoms. The molecule has 1 aliphatic carbocycles. The molecule has 0 bridgehead atoms. The van der Waals surface area contributed by atoms with E-state index >= 15 is 0 Å². The molecule has 6 heteroatoms. The first kappa shape index (κ1) is 21.5. The van der Waals surface area contributed by atoms with E-state index in [9.17, 15) is 5.11 Å². The van der Waals surface area contributed by atoms with Gasteiger partial charge >= 0.3 is 0 Å². The zero-order valence-electron chi connectivity index (χ0n) is 19.2. The number of hydrogen-bond donors (Lipinski definition) is 2. The molecule has 4 aromatic rings. The van der Waals surface area contributed by atoms with E-state index < -0.39 is 0 Å². The monoisotopic (exact) mass is 442 g/mol. The summed E-state index contributed by atoms with van der Waals surface area (Å²) in [6, 6.07) is 16.4. The highest BCUT2D eigenvalue weighted by Crippen LogP contribution is 2.38. The molecule has 170 valence electrons. The summed E-state index contributed by atoms with van der Waals surface area (Å²) in [4.78, 5) is 15.5. The molecule has 0 aliphatic heterocycles. The number of para-hydroxylation sites is 2. The average molecular weight is 443 g/mol. The molecule has 5 rings (SSSR count). The quantitative estimate of drug-likeness (QED) is 0.405. The third kappa shape index (κ3) is 4.18. The minimum Gasteiger partial charge on any atom is -0.504 e. The van der Waals surface area contributed by atoms with E-state index in [1.807, 2.05) is 36.5 Å². The van der Waals surface area contributed by atoms with Crippen LogP contribution in [0.3, 0.4) is 0 Å². The molecule has 2 aromatic carbocycles. The Morgan fingerprint density at radius 2 is 2.00 bits per heavy atom. The Morgan fingerprint density at radius 1 is 1.12 bits per heavy atom. The SMILES string of the molecule is CCc1ccc(OC)c(O)c1CN(Cc1nc2ccccc2[nH]1)C1CCCc2cccnc21. The van der Waals surface area contributed by atoms with Crippen molar-refractivity contribution in [2.75, 3.05) is 7.11 Å². The fraction of sp³-hybridized carbons (Fsp3) is 0.333. The topological polar surface area (TPSA) is 74.3 Å². The molecular weight excluding hydrogens is 412 g/mol. The molecule has 0 fully saturated rings. The van der Waals surface area contributed by atoms with Gasteiger partial charge in [0.1, 0.15) is 5.82 Å². The first-order chi connectivity index (χ1) is 16.2. The van der Waals surface area contributed by atoms with Crippen molar-refractivity contribution in [1.29, 1.82) is 0 Å². The lowest BCUT2D eigenvalue weighted by Crippen LogP contribution is -2.32. The van der Waals surface area contributed by atoms with Gasteiger partial charge in [0, 0.05) is 18.3 Å². The van der Waals surface area contributed by atoms with Crippen LogP contribution in [0.5, 0.6) is 11.5 Å². The van der Waals surface area contributed by atoms with Crippen LogP contribution in [-0.2, 0) is 25.9 Å².